The highest BCUT2D eigenvalue weighted by molar-refractivity contribution is 5.68. The van der Waals surface area contributed by atoms with E-state index < -0.39 is 0 Å². The van der Waals surface area contributed by atoms with Crippen LogP contribution >= 0.6 is 0 Å². The first kappa shape index (κ1) is 11.8. The second-order valence-electron chi connectivity index (χ2n) is 4.60. The maximum Gasteiger partial charge on any atom is 0.127 e. The van der Waals surface area contributed by atoms with Crippen molar-refractivity contribution < 1.29 is 4.74 Å². The molecular formula is C18H16O. The highest BCUT2D eigenvalue weighted by Crippen LogP contribution is 2.27. The van der Waals surface area contributed by atoms with Crippen molar-refractivity contribution in [2.24, 2.45) is 0 Å². The van der Waals surface area contributed by atoms with E-state index in [0.29, 0.717) is 0 Å². The van der Waals surface area contributed by atoms with E-state index >= 15 is 0 Å². The number of benzene rings is 2. The summed E-state index contributed by atoms with van der Waals surface area (Å²) in [4.78, 5) is 0. The minimum Gasteiger partial charge on any atom is -0.457 e. The molecule has 0 N–H and O–H groups in total. The van der Waals surface area contributed by atoms with Gasteiger partial charge >= 0.3 is 0 Å². The van der Waals surface area contributed by atoms with E-state index in [9.17, 15) is 0 Å². The second kappa shape index (κ2) is 5.57. The average molecular weight is 248 g/mol. The first-order valence-electron chi connectivity index (χ1n) is 6.61. The maximum absolute atomic E-state index is 5.79. The number of rotatable bonds is 3. The summed E-state index contributed by atoms with van der Waals surface area (Å²) in [5.41, 5.74) is 2.68. The van der Waals surface area contributed by atoms with Crippen LogP contribution in [-0.2, 0) is 0 Å². The van der Waals surface area contributed by atoms with Gasteiger partial charge in [0.05, 0.1) is 0 Å². The third-order valence-corrected chi connectivity index (χ3v) is 3.22. The van der Waals surface area contributed by atoms with E-state index in [0.717, 1.165) is 24.3 Å². The standard InChI is InChI=1S/C18H16O/c1-3-7-15(8-4-1)16-11-13-18(14-12-16)19-17-9-5-2-6-10-17/h1-3,5-7,9-14H,4,8H2. The molecule has 0 atom stereocenters. The zero-order valence-electron chi connectivity index (χ0n) is 10.8. The Labute approximate surface area is 113 Å². The Balaban J connectivity index is 1.76. The van der Waals surface area contributed by atoms with Gasteiger partial charge in [0.25, 0.3) is 0 Å². The molecule has 0 spiro atoms. The highest BCUT2D eigenvalue weighted by Gasteiger charge is 2.03. The van der Waals surface area contributed by atoms with Gasteiger partial charge in [-0.15, -0.1) is 0 Å². The van der Waals surface area contributed by atoms with Crippen molar-refractivity contribution in [3.8, 4) is 11.5 Å². The topological polar surface area (TPSA) is 9.23 Å². The molecule has 1 aliphatic rings. The van der Waals surface area contributed by atoms with Gasteiger partial charge in [-0.25, -0.2) is 0 Å². The van der Waals surface area contributed by atoms with Gasteiger partial charge in [0.1, 0.15) is 11.5 Å². The van der Waals surface area contributed by atoms with Crippen molar-refractivity contribution in [3.63, 3.8) is 0 Å². The lowest BCUT2D eigenvalue weighted by Gasteiger charge is -2.10. The Kier molecular flexibility index (Phi) is 3.46. The zero-order valence-corrected chi connectivity index (χ0v) is 10.8. The normalized spacial score (nSPS) is 14.0. The van der Waals surface area contributed by atoms with Crippen LogP contribution in [0.4, 0.5) is 0 Å². The van der Waals surface area contributed by atoms with E-state index in [1.165, 1.54) is 11.1 Å². The SMILES string of the molecule is C1=CCCC(c2ccc(Oc3ccccc3)cc2)=C1. The summed E-state index contributed by atoms with van der Waals surface area (Å²) in [5.74, 6) is 1.75. The number of allylic oxidation sites excluding steroid dienone is 4. The predicted octanol–water partition coefficient (Wildman–Crippen LogP) is 5.21. The first-order chi connectivity index (χ1) is 9.42. The highest BCUT2D eigenvalue weighted by atomic mass is 16.5. The molecule has 2 aromatic carbocycles. The Morgan fingerprint density at radius 2 is 1.53 bits per heavy atom. The van der Waals surface area contributed by atoms with Gasteiger partial charge in [-0.3, -0.25) is 0 Å². The van der Waals surface area contributed by atoms with Crippen molar-refractivity contribution in [1.82, 2.24) is 0 Å². The van der Waals surface area contributed by atoms with Crippen LogP contribution in [-0.4, -0.2) is 0 Å². The molecule has 0 bridgehead atoms. The number of ether oxygens (including phenoxy) is 1. The largest absolute Gasteiger partial charge is 0.457 e. The molecular weight excluding hydrogens is 232 g/mol. The molecule has 94 valence electrons. The summed E-state index contributed by atoms with van der Waals surface area (Å²) in [5, 5.41) is 0. The van der Waals surface area contributed by atoms with Crippen LogP contribution in [0.1, 0.15) is 18.4 Å². The molecule has 3 rings (SSSR count). The van der Waals surface area contributed by atoms with Crippen molar-refractivity contribution >= 4 is 5.57 Å². The van der Waals surface area contributed by atoms with Gasteiger partial charge in [-0.2, -0.15) is 0 Å². The molecule has 0 fully saturated rings. The monoisotopic (exact) mass is 248 g/mol. The maximum atomic E-state index is 5.79. The summed E-state index contributed by atoms with van der Waals surface area (Å²) in [6.07, 6.45) is 8.78. The summed E-state index contributed by atoms with van der Waals surface area (Å²) < 4.78 is 5.79. The van der Waals surface area contributed by atoms with E-state index in [4.69, 9.17) is 4.74 Å². The molecule has 0 heterocycles. The summed E-state index contributed by atoms with van der Waals surface area (Å²) in [6, 6.07) is 18.2. The van der Waals surface area contributed by atoms with Crippen molar-refractivity contribution in [2.45, 2.75) is 12.8 Å². The van der Waals surface area contributed by atoms with E-state index in [2.05, 4.69) is 30.4 Å². The van der Waals surface area contributed by atoms with Crippen LogP contribution in [0.3, 0.4) is 0 Å². The number of hydrogen-bond acceptors (Lipinski definition) is 1. The lowest BCUT2D eigenvalue weighted by atomic mass is 9.97. The van der Waals surface area contributed by atoms with Gasteiger partial charge in [0.2, 0.25) is 0 Å². The predicted molar refractivity (Wildman–Crippen MR) is 79.3 cm³/mol. The van der Waals surface area contributed by atoms with E-state index in [-0.39, 0.29) is 0 Å². The van der Waals surface area contributed by atoms with Crippen molar-refractivity contribution in [1.29, 1.82) is 0 Å². The average Bonchev–Trinajstić information content (AvgIpc) is 2.50. The van der Waals surface area contributed by atoms with Gasteiger partial charge in [-0.1, -0.05) is 48.6 Å². The minimum absolute atomic E-state index is 0.870. The van der Waals surface area contributed by atoms with Crippen LogP contribution in [0.25, 0.3) is 5.57 Å². The zero-order chi connectivity index (χ0) is 12.9. The molecule has 0 aromatic heterocycles. The minimum atomic E-state index is 0.870. The Hall–Kier alpha value is -2.28. The van der Waals surface area contributed by atoms with Gasteiger partial charge in [0.15, 0.2) is 0 Å². The fourth-order valence-electron chi connectivity index (χ4n) is 2.20. The molecule has 1 heteroatoms. The summed E-state index contributed by atoms with van der Waals surface area (Å²) in [7, 11) is 0. The third-order valence-electron chi connectivity index (χ3n) is 3.22. The van der Waals surface area contributed by atoms with Crippen LogP contribution in [0, 0.1) is 0 Å². The van der Waals surface area contributed by atoms with Crippen molar-refractivity contribution in [2.75, 3.05) is 0 Å². The van der Waals surface area contributed by atoms with Crippen LogP contribution < -0.4 is 4.74 Å². The molecule has 0 saturated carbocycles. The molecule has 19 heavy (non-hydrogen) atoms. The lowest BCUT2D eigenvalue weighted by molar-refractivity contribution is 0.482. The molecule has 1 nitrogen and oxygen atoms in total. The first-order valence-corrected chi connectivity index (χ1v) is 6.61. The molecule has 0 radical (unpaired) electrons. The van der Waals surface area contributed by atoms with E-state index in [1.54, 1.807) is 0 Å². The Morgan fingerprint density at radius 3 is 2.21 bits per heavy atom. The Bertz CT molecular complexity index is 591. The number of para-hydroxylation sites is 1. The molecule has 0 unspecified atom stereocenters. The van der Waals surface area contributed by atoms with E-state index in [1.807, 2.05) is 42.5 Å². The van der Waals surface area contributed by atoms with Gasteiger partial charge in [-0.05, 0) is 48.2 Å². The Morgan fingerprint density at radius 1 is 0.789 bits per heavy atom. The fourth-order valence-corrected chi connectivity index (χ4v) is 2.20. The molecule has 1 aliphatic carbocycles. The molecule has 0 saturated heterocycles. The van der Waals surface area contributed by atoms with Crippen LogP contribution in [0.15, 0.2) is 72.8 Å². The van der Waals surface area contributed by atoms with Crippen LogP contribution in [0.5, 0.6) is 11.5 Å². The number of hydrogen-bond donors (Lipinski definition) is 0. The fraction of sp³-hybridized carbons (Fsp3) is 0.111. The smallest absolute Gasteiger partial charge is 0.127 e. The summed E-state index contributed by atoms with van der Waals surface area (Å²) in [6.45, 7) is 0. The molecule has 2 aromatic rings. The molecule has 0 amide bonds. The van der Waals surface area contributed by atoms with Crippen LogP contribution in [0.2, 0.25) is 0 Å². The third kappa shape index (κ3) is 2.94. The second-order valence-corrected chi connectivity index (χ2v) is 4.60. The molecule has 0 aliphatic heterocycles. The quantitative estimate of drug-likeness (QED) is 0.724. The van der Waals surface area contributed by atoms with Gasteiger partial charge < -0.3 is 4.74 Å². The summed E-state index contributed by atoms with van der Waals surface area (Å²) >= 11 is 0. The van der Waals surface area contributed by atoms with Crippen molar-refractivity contribution in [3.05, 3.63) is 78.4 Å². The lowest BCUT2D eigenvalue weighted by Crippen LogP contribution is -1.89. The van der Waals surface area contributed by atoms with Gasteiger partial charge in [0, 0.05) is 0 Å².